The highest BCUT2D eigenvalue weighted by atomic mass is 16.1. The molecule has 0 bridgehead atoms. The minimum absolute atomic E-state index is 0.173. The number of aryl methyl sites for hydroxylation is 1. The van der Waals surface area contributed by atoms with Crippen molar-refractivity contribution in [3.8, 4) is 0 Å². The number of rotatable bonds is 5. The Bertz CT molecular complexity index is 450. The van der Waals surface area contributed by atoms with Crippen molar-refractivity contribution < 1.29 is 4.79 Å². The lowest BCUT2D eigenvalue weighted by Gasteiger charge is -2.27. The molecule has 1 aromatic rings. The Labute approximate surface area is 127 Å². The number of amides is 1. The molecule has 2 N–H and O–H groups in total. The first-order valence-corrected chi connectivity index (χ1v) is 7.79. The Hall–Kier alpha value is -1.39. The number of benzene rings is 1. The lowest BCUT2D eigenvalue weighted by Crippen LogP contribution is -2.41. The maximum Gasteiger partial charge on any atom is 0.223 e. The van der Waals surface area contributed by atoms with Gasteiger partial charge in [0.15, 0.2) is 0 Å². The van der Waals surface area contributed by atoms with E-state index >= 15 is 0 Å². The van der Waals surface area contributed by atoms with E-state index in [2.05, 4.69) is 60.8 Å². The van der Waals surface area contributed by atoms with Crippen LogP contribution in [-0.4, -0.2) is 44.5 Å². The summed E-state index contributed by atoms with van der Waals surface area (Å²) < 4.78 is 0. The minimum Gasteiger partial charge on any atom is -0.354 e. The van der Waals surface area contributed by atoms with Crippen LogP contribution in [0.1, 0.15) is 30.0 Å². The van der Waals surface area contributed by atoms with Crippen LogP contribution in [0.2, 0.25) is 0 Å². The van der Waals surface area contributed by atoms with E-state index in [0.29, 0.717) is 6.54 Å². The molecule has 1 amide bonds. The molecule has 0 aliphatic carbocycles. The van der Waals surface area contributed by atoms with E-state index in [1.54, 1.807) is 0 Å². The highest BCUT2D eigenvalue weighted by molar-refractivity contribution is 5.78. The molecular weight excluding hydrogens is 262 g/mol. The molecule has 0 radical (unpaired) electrons. The normalized spacial score (nSPS) is 17.7. The highest BCUT2D eigenvalue weighted by Gasteiger charge is 2.22. The summed E-state index contributed by atoms with van der Waals surface area (Å²) in [6.07, 6.45) is 1.89. The fourth-order valence-electron chi connectivity index (χ4n) is 2.81. The number of hydrogen-bond donors (Lipinski definition) is 2. The first-order chi connectivity index (χ1) is 10.1. The first kappa shape index (κ1) is 16.0. The van der Waals surface area contributed by atoms with Crippen LogP contribution >= 0.6 is 0 Å². The second-order valence-electron chi connectivity index (χ2n) is 6.16. The molecule has 1 saturated heterocycles. The summed E-state index contributed by atoms with van der Waals surface area (Å²) in [4.78, 5) is 14.4. The van der Waals surface area contributed by atoms with Gasteiger partial charge in [-0.25, -0.2) is 0 Å². The fourth-order valence-corrected chi connectivity index (χ4v) is 2.81. The molecule has 4 nitrogen and oxygen atoms in total. The summed E-state index contributed by atoms with van der Waals surface area (Å²) in [5.41, 5.74) is 2.51. The van der Waals surface area contributed by atoms with Gasteiger partial charge in [0.25, 0.3) is 0 Å². The van der Waals surface area contributed by atoms with Crippen LogP contribution in [0.4, 0.5) is 0 Å². The number of nitrogens with one attached hydrogen (secondary N) is 2. The minimum atomic E-state index is 0.173. The lowest BCUT2D eigenvalue weighted by molar-refractivity contribution is -0.125. The van der Waals surface area contributed by atoms with Gasteiger partial charge in [0.1, 0.15) is 0 Å². The Morgan fingerprint density at radius 1 is 1.29 bits per heavy atom. The molecule has 1 aliphatic heterocycles. The van der Waals surface area contributed by atoms with E-state index in [0.717, 1.165) is 25.9 Å². The quantitative estimate of drug-likeness (QED) is 0.867. The molecule has 116 valence electrons. The molecule has 1 atom stereocenters. The number of likely N-dealkylation sites (N-methyl/N-ethyl adjacent to an activating group) is 1. The van der Waals surface area contributed by atoms with Gasteiger partial charge in [-0.2, -0.15) is 0 Å². The fraction of sp³-hybridized carbons (Fsp3) is 0.588. The van der Waals surface area contributed by atoms with Crippen molar-refractivity contribution in [2.75, 3.05) is 33.7 Å². The van der Waals surface area contributed by atoms with Crippen LogP contribution < -0.4 is 10.6 Å². The first-order valence-electron chi connectivity index (χ1n) is 7.79. The summed E-state index contributed by atoms with van der Waals surface area (Å²) in [6, 6.07) is 8.77. The van der Waals surface area contributed by atoms with Crippen molar-refractivity contribution in [3.63, 3.8) is 0 Å². The molecular formula is C17H27N3O. The second kappa shape index (κ2) is 7.57. The monoisotopic (exact) mass is 289 g/mol. The third-order valence-electron chi connectivity index (χ3n) is 4.27. The molecule has 21 heavy (non-hydrogen) atoms. The third kappa shape index (κ3) is 4.55. The van der Waals surface area contributed by atoms with Gasteiger partial charge in [0, 0.05) is 12.5 Å². The van der Waals surface area contributed by atoms with Crippen LogP contribution in [0.5, 0.6) is 0 Å². The third-order valence-corrected chi connectivity index (χ3v) is 4.27. The van der Waals surface area contributed by atoms with E-state index in [-0.39, 0.29) is 17.9 Å². The van der Waals surface area contributed by atoms with E-state index in [1.165, 1.54) is 11.1 Å². The summed E-state index contributed by atoms with van der Waals surface area (Å²) in [6.45, 7) is 4.66. The standard InChI is InChI=1S/C17H27N3O/c1-13-4-6-14(7-5-13)16(20(2)3)12-19-17(21)15-8-10-18-11-9-15/h4-7,15-16,18H,8-12H2,1-3H3,(H,19,21). The van der Waals surface area contributed by atoms with Crippen LogP contribution in [0.3, 0.4) is 0 Å². The maximum atomic E-state index is 12.3. The van der Waals surface area contributed by atoms with Gasteiger partial charge in [0.05, 0.1) is 6.04 Å². The predicted molar refractivity (Wildman–Crippen MR) is 86.2 cm³/mol. The Morgan fingerprint density at radius 2 is 1.90 bits per heavy atom. The molecule has 0 aromatic heterocycles. The SMILES string of the molecule is Cc1ccc(C(CNC(=O)C2CCNCC2)N(C)C)cc1. The average Bonchev–Trinajstić information content (AvgIpc) is 2.49. The van der Waals surface area contributed by atoms with Crippen molar-refractivity contribution >= 4 is 5.91 Å². The van der Waals surface area contributed by atoms with E-state index in [4.69, 9.17) is 0 Å². The van der Waals surface area contributed by atoms with Crippen LogP contribution in [0.25, 0.3) is 0 Å². The van der Waals surface area contributed by atoms with Gasteiger partial charge >= 0.3 is 0 Å². The average molecular weight is 289 g/mol. The van der Waals surface area contributed by atoms with Crippen LogP contribution in [-0.2, 0) is 4.79 Å². The van der Waals surface area contributed by atoms with Crippen LogP contribution in [0.15, 0.2) is 24.3 Å². The van der Waals surface area contributed by atoms with Gasteiger partial charge < -0.3 is 15.5 Å². The molecule has 0 spiro atoms. The van der Waals surface area contributed by atoms with E-state index in [1.807, 2.05) is 0 Å². The summed E-state index contributed by atoms with van der Waals surface area (Å²) >= 11 is 0. The topological polar surface area (TPSA) is 44.4 Å². The molecule has 1 heterocycles. The molecule has 1 aliphatic rings. The van der Waals surface area contributed by atoms with Crippen molar-refractivity contribution in [3.05, 3.63) is 35.4 Å². The molecule has 1 fully saturated rings. The number of nitrogens with zero attached hydrogens (tertiary/aromatic N) is 1. The molecule has 1 unspecified atom stereocenters. The van der Waals surface area contributed by atoms with Crippen molar-refractivity contribution in [1.29, 1.82) is 0 Å². The summed E-state index contributed by atoms with van der Waals surface area (Å²) in [5, 5.41) is 6.43. The van der Waals surface area contributed by atoms with Gasteiger partial charge in [0.2, 0.25) is 5.91 Å². The Kier molecular flexibility index (Phi) is 5.76. The number of carbonyl (C=O) groups is 1. The van der Waals surface area contributed by atoms with Crippen molar-refractivity contribution in [2.45, 2.75) is 25.8 Å². The molecule has 2 rings (SSSR count). The zero-order chi connectivity index (χ0) is 15.2. The number of piperidine rings is 1. The van der Waals surface area contributed by atoms with E-state index in [9.17, 15) is 4.79 Å². The summed E-state index contributed by atoms with van der Waals surface area (Å²) in [7, 11) is 4.11. The highest BCUT2D eigenvalue weighted by Crippen LogP contribution is 2.19. The molecule has 4 heteroatoms. The molecule has 1 aromatic carbocycles. The summed E-state index contributed by atoms with van der Waals surface area (Å²) in [5.74, 6) is 0.377. The molecule has 0 saturated carbocycles. The Morgan fingerprint density at radius 3 is 2.48 bits per heavy atom. The largest absolute Gasteiger partial charge is 0.354 e. The maximum absolute atomic E-state index is 12.3. The van der Waals surface area contributed by atoms with Crippen molar-refractivity contribution in [1.82, 2.24) is 15.5 Å². The zero-order valence-corrected chi connectivity index (χ0v) is 13.4. The van der Waals surface area contributed by atoms with Gasteiger partial charge in [-0.3, -0.25) is 4.79 Å². The Balaban J connectivity index is 1.93. The van der Waals surface area contributed by atoms with Gasteiger partial charge in [-0.05, 0) is 52.5 Å². The zero-order valence-electron chi connectivity index (χ0n) is 13.4. The number of carbonyl (C=O) groups excluding carboxylic acids is 1. The van der Waals surface area contributed by atoms with Gasteiger partial charge in [-0.1, -0.05) is 29.8 Å². The lowest BCUT2D eigenvalue weighted by atomic mass is 9.97. The van der Waals surface area contributed by atoms with E-state index < -0.39 is 0 Å². The number of hydrogen-bond acceptors (Lipinski definition) is 3. The van der Waals surface area contributed by atoms with Crippen LogP contribution in [0, 0.1) is 12.8 Å². The van der Waals surface area contributed by atoms with Crippen molar-refractivity contribution in [2.24, 2.45) is 5.92 Å². The predicted octanol–water partition coefficient (Wildman–Crippen LogP) is 1.71. The second-order valence-corrected chi connectivity index (χ2v) is 6.16. The van der Waals surface area contributed by atoms with Gasteiger partial charge in [-0.15, -0.1) is 0 Å². The smallest absolute Gasteiger partial charge is 0.223 e.